The molecule has 4 aliphatic heterocycles. The summed E-state index contributed by atoms with van der Waals surface area (Å²) in [4.78, 5) is 78.1. The van der Waals surface area contributed by atoms with Crippen LogP contribution in [0.2, 0.25) is 0 Å². The van der Waals surface area contributed by atoms with Gasteiger partial charge < -0.3 is 19.1 Å². The zero-order valence-corrected chi connectivity index (χ0v) is 39.2. The highest BCUT2D eigenvalue weighted by Gasteiger charge is 2.35. The quantitative estimate of drug-likeness (QED) is 0.0524. The van der Waals surface area contributed by atoms with E-state index < -0.39 is 23.8 Å². The summed E-state index contributed by atoms with van der Waals surface area (Å²) >= 11 is 0. The SMILES string of the molecule is O=C(ON1C(=O)CCc2ccc(OCCCN3CC=C(Cc4ccc5ccccc5n4)CC3)cc21)C(=O)ON1C(=O)CCc2ccc(OCCCN3CC=C(Cc4ccc5ccccc5n4)CC3)cc21. The van der Waals surface area contributed by atoms with Crippen LogP contribution in [0.15, 0.2) is 132 Å². The molecule has 0 unspecified atom stereocenters. The molecule has 0 bridgehead atoms. The van der Waals surface area contributed by atoms with Crippen LogP contribution in [0.5, 0.6) is 11.5 Å². The molecule has 0 spiro atoms. The highest BCUT2D eigenvalue weighted by Crippen LogP contribution is 2.34. The minimum absolute atomic E-state index is 0.0712. The van der Waals surface area contributed by atoms with Gasteiger partial charge in [-0.3, -0.25) is 29.4 Å². The number of anilines is 2. The molecule has 0 fully saturated rings. The molecule has 14 nitrogen and oxygen atoms in total. The monoisotopic (exact) mass is 940 g/mol. The number of amides is 2. The molecule has 4 aromatic carbocycles. The van der Waals surface area contributed by atoms with Crippen molar-refractivity contribution < 1.29 is 38.3 Å². The molecule has 0 saturated carbocycles. The number of carbonyl (C=O) groups excluding carboxylic acids is 4. The van der Waals surface area contributed by atoms with Gasteiger partial charge in [-0.2, -0.15) is 0 Å². The van der Waals surface area contributed by atoms with Crippen LogP contribution in [0.3, 0.4) is 0 Å². The number of aromatic nitrogens is 2. The van der Waals surface area contributed by atoms with Crippen molar-refractivity contribution in [3.8, 4) is 11.5 Å². The van der Waals surface area contributed by atoms with Crippen LogP contribution in [-0.2, 0) is 54.5 Å². The van der Waals surface area contributed by atoms with Crippen molar-refractivity contribution in [2.45, 2.75) is 64.2 Å². The van der Waals surface area contributed by atoms with Crippen LogP contribution in [0.1, 0.15) is 61.0 Å². The standard InChI is InChI=1S/C56H56N6O8/c63-53-21-15-43-13-19-47(67-33-5-27-59-29-23-39(24-30-59)35-45-17-11-41-7-1-3-9-49(41)57-45)37-51(43)61(53)69-55(65)56(66)70-62-52-38-48(20-14-44(52)16-22-54(62)64)68-34-6-28-60-31-25-40(26-32-60)36-46-18-12-42-8-2-4-10-50(42)58-46/h1-4,7-14,17-20,23,25,37-38H,5-6,15-16,21-22,24,26-36H2. The van der Waals surface area contributed by atoms with Gasteiger partial charge >= 0.3 is 11.9 Å². The molecule has 0 atom stereocenters. The third-order valence-electron chi connectivity index (χ3n) is 13.4. The minimum Gasteiger partial charge on any atom is -0.493 e. The predicted molar refractivity (Wildman–Crippen MR) is 266 cm³/mol. The van der Waals surface area contributed by atoms with E-state index in [0.717, 1.165) is 132 Å². The molecular weight excluding hydrogens is 885 g/mol. The van der Waals surface area contributed by atoms with Crippen molar-refractivity contribution in [2.75, 3.05) is 62.6 Å². The lowest BCUT2D eigenvalue weighted by molar-refractivity contribution is -0.172. The Morgan fingerprint density at radius 2 is 0.971 bits per heavy atom. The number of hydrogen-bond acceptors (Lipinski definition) is 12. The Bertz CT molecular complexity index is 2810. The molecule has 2 amide bonds. The largest absolute Gasteiger partial charge is 0.493 e. The average Bonchev–Trinajstić information content (AvgIpc) is 3.39. The van der Waals surface area contributed by atoms with Gasteiger partial charge in [0.25, 0.3) is 11.8 Å². The maximum Gasteiger partial charge on any atom is 0.444 e. The zero-order valence-electron chi connectivity index (χ0n) is 39.2. The van der Waals surface area contributed by atoms with Gasteiger partial charge in [0.15, 0.2) is 0 Å². The average molecular weight is 941 g/mol. The summed E-state index contributed by atoms with van der Waals surface area (Å²) in [7, 11) is 0. The van der Waals surface area contributed by atoms with Crippen LogP contribution < -0.4 is 19.6 Å². The molecule has 14 heteroatoms. The molecule has 0 saturated heterocycles. The number of benzene rings is 4. The number of hydrogen-bond donors (Lipinski definition) is 0. The molecule has 4 aliphatic rings. The van der Waals surface area contributed by atoms with E-state index in [2.05, 4.69) is 70.5 Å². The summed E-state index contributed by atoms with van der Waals surface area (Å²) in [6.45, 7) is 6.25. The van der Waals surface area contributed by atoms with Gasteiger partial charge in [-0.05, 0) is 86.1 Å². The number of nitrogens with zero attached hydrogens (tertiary/aromatic N) is 6. The van der Waals surface area contributed by atoms with E-state index in [-0.39, 0.29) is 12.8 Å². The second-order valence-electron chi connectivity index (χ2n) is 18.3. The van der Waals surface area contributed by atoms with Crippen molar-refractivity contribution in [1.29, 1.82) is 0 Å². The molecule has 0 aliphatic carbocycles. The summed E-state index contributed by atoms with van der Waals surface area (Å²) < 4.78 is 12.2. The Morgan fingerprint density at radius 3 is 1.41 bits per heavy atom. The van der Waals surface area contributed by atoms with Gasteiger partial charge in [0, 0.05) is 99.2 Å². The molecule has 0 radical (unpaired) electrons. The number of ether oxygens (including phenoxy) is 2. The summed E-state index contributed by atoms with van der Waals surface area (Å²) in [5, 5.41) is 3.94. The number of hydroxylamine groups is 2. The van der Waals surface area contributed by atoms with E-state index >= 15 is 0 Å². The van der Waals surface area contributed by atoms with E-state index in [0.29, 0.717) is 48.9 Å². The lowest BCUT2D eigenvalue weighted by Crippen LogP contribution is -2.43. The van der Waals surface area contributed by atoms with Gasteiger partial charge in [0.1, 0.15) is 11.5 Å². The molecule has 0 N–H and O–H groups in total. The van der Waals surface area contributed by atoms with E-state index in [1.165, 1.54) is 11.1 Å². The molecular formula is C56H56N6O8. The third kappa shape index (κ3) is 11.2. The van der Waals surface area contributed by atoms with Gasteiger partial charge in [-0.15, -0.1) is 10.1 Å². The topological polar surface area (TPSA) is 144 Å². The molecule has 2 aromatic heterocycles. The van der Waals surface area contributed by atoms with Crippen LogP contribution in [0.25, 0.3) is 21.8 Å². The normalized spacial score (nSPS) is 16.3. The number of carbonyl (C=O) groups is 4. The summed E-state index contributed by atoms with van der Waals surface area (Å²) in [5.74, 6) is -2.90. The Hall–Kier alpha value is -7.42. The Balaban J connectivity index is 0.676. The molecule has 70 heavy (non-hydrogen) atoms. The summed E-state index contributed by atoms with van der Waals surface area (Å²) in [5.41, 5.74) is 9.13. The van der Waals surface area contributed by atoms with E-state index in [4.69, 9.17) is 29.1 Å². The van der Waals surface area contributed by atoms with Crippen LogP contribution in [-0.4, -0.2) is 96.0 Å². The fourth-order valence-corrected chi connectivity index (χ4v) is 9.53. The molecule has 358 valence electrons. The second-order valence-corrected chi connectivity index (χ2v) is 18.3. The van der Waals surface area contributed by atoms with Gasteiger partial charge in [-0.25, -0.2) is 9.59 Å². The minimum atomic E-state index is -1.45. The molecule has 10 rings (SSSR count). The van der Waals surface area contributed by atoms with Crippen LogP contribution in [0, 0.1) is 0 Å². The number of aryl methyl sites for hydroxylation is 2. The fraction of sp³-hybridized carbons (Fsp3) is 0.321. The summed E-state index contributed by atoms with van der Waals surface area (Å²) in [6, 6.07) is 35.4. The third-order valence-corrected chi connectivity index (χ3v) is 13.4. The first kappa shape index (κ1) is 46.3. The second kappa shape index (κ2) is 21.5. The first-order valence-corrected chi connectivity index (χ1v) is 24.4. The smallest absolute Gasteiger partial charge is 0.444 e. The molecule has 6 aromatic rings. The lowest BCUT2D eigenvalue weighted by atomic mass is 10.0. The number of para-hydroxylation sites is 2. The van der Waals surface area contributed by atoms with Gasteiger partial charge in [-0.1, -0.05) is 84.0 Å². The fourth-order valence-electron chi connectivity index (χ4n) is 9.53. The lowest BCUT2D eigenvalue weighted by Gasteiger charge is -2.29. The van der Waals surface area contributed by atoms with Gasteiger partial charge in [0.2, 0.25) is 0 Å². The Kier molecular flexibility index (Phi) is 14.2. The number of rotatable bonds is 16. The van der Waals surface area contributed by atoms with Crippen molar-refractivity contribution in [1.82, 2.24) is 19.8 Å². The first-order valence-electron chi connectivity index (χ1n) is 24.4. The zero-order chi connectivity index (χ0) is 47.8. The Morgan fingerprint density at radius 1 is 0.514 bits per heavy atom. The van der Waals surface area contributed by atoms with Crippen molar-refractivity contribution in [3.63, 3.8) is 0 Å². The molecule has 6 heterocycles. The van der Waals surface area contributed by atoms with E-state index in [1.807, 2.05) is 48.5 Å². The maximum absolute atomic E-state index is 13.3. The Labute approximate surface area is 407 Å². The van der Waals surface area contributed by atoms with E-state index in [1.54, 1.807) is 12.1 Å². The van der Waals surface area contributed by atoms with Gasteiger partial charge in [0.05, 0.1) is 35.6 Å². The highest BCUT2D eigenvalue weighted by molar-refractivity contribution is 6.31. The maximum atomic E-state index is 13.3. The predicted octanol–water partition coefficient (Wildman–Crippen LogP) is 8.25. The highest BCUT2D eigenvalue weighted by atomic mass is 16.8. The van der Waals surface area contributed by atoms with E-state index in [9.17, 15) is 19.2 Å². The summed E-state index contributed by atoms with van der Waals surface area (Å²) in [6.07, 6.45) is 10.9. The van der Waals surface area contributed by atoms with Crippen molar-refractivity contribution >= 4 is 56.9 Å². The van der Waals surface area contributed by atoms with Crippen LogP contribution >= 0.6 is 0 Å². The first-order chi connectivity index (χ1) is 34.3. The van der Waals surface area contributed by atoms with Crippen molar-refractivity contribution in [3.05, 3.63) is 155 Å². The van der Waals surface area contributed by atoms with Crippen LogP contribution in [0.4, 0.5) is 11.4 Å². The number of pyridine rings is 2. The van der Waals surface area contributed by atoms with Crippen molar-refractivity contribution in [2.24, 2.45) is 0 Å². The number of fused-ring (bicyclic) bond motifs is 4.